The average Bonchev–Trinajstić information content (AvgIpc) is 2.18. The molecule has 0 bridgehead atoms. The molecule has 0 aliphatic rings. The summed E-state index contributed by atoms with van der Waals surface area (Å²) in [7, 11) is 0. The van der Waals surface area contributed by atoms with Crippen molar-refractivity contribution in [2.45, 2.75) is 20.3 Å². The van der Waals surface area contributed by atoms with Crippen LogP contribution in [-0.2, 0) is 4.79 Å². The van der Waals surface area contributed by atoms with Crippen molar-refractivity contribution in [2.75, 3.05) is 0 Å². The summed E-state index contributed by atoms with van der Waals surface area (Å²) >= 11 is 0. The minimum absolute atomic E-state index is 0.00683. The predicted octanol–water partition coefficient (Wildman–Crippen LogP) is 3.62. The highest BCUT2D eigenvalue weighted by atomic mass is 19.3. The molecule has 1 nitrogen and oxygen atoms in total. The number of hydrogen-bond acceptors (Lipinski definition) is 1. The Bertz CT molecular complexity index is 377. The quantitative estimate of drug-likeness (QED) is 0.696. The molecule has 0 unspecified atom stereocenters. The summed E-state index contributed by atoms with van der Waals surface area (Å²) in [6, 6.07) is 5.88. The average molecular weight is 210 g/mol. The van der Waals surface area contributed by atoms with Gasteiger partial charge in [0, 0.05) is 5.56 Å². The van der Waals surface area contributed by atoms with Gasteiger partial charge in [0.2, 0.25) is 0 Å². The van der Waals surface area contributed by atoms with Crippen LogP contribution < -0.4 is 0 Å². The SMILES string of the molecule is CC(=O)/C(C)=C/c1ccc(C(F)F)cc1. The fraction of sp³-hybridized carbons (Fsp3) is 0.250. The molecule has 1 rings (SSSR count). The molecular weight excluding hydrogens is 198 g/mol. The van der Waals surface area contributed by atoms with Crippen LogP contribution in [0.4, 0.5) is 8.78 Å². The van der Waals surface area contributed by atoms with Crippen molar-refractivity contribution in [1.82, 2.24) is 0 Å². The van der Waals surface area contributed by atoms with Crippen LogP contribution >= 0.6 is 0 Å². The topological polar surface area (TPSA) is 17.1 Å². The van der Waals surface area contributed by atoms with E-state index in [4.69, 9.17) is 0 Å². The largest absolute Gasteiger partial charge is 0.295 e. The Balaban J connectivity index is 2.90. The number of hydrogen-bond donors (Lipinski definition) is 0. The van der Waals surface area contributed by atoms with Gasteiger partial charge in [-0.2, -0.15) is 0 Å². The lowest BCUT2D eigenvalue weighted by molar-refractivity contribution is -0.113. The van der Waals surface area contributed by atoms with Crippen LogP contribution in [0.15, 0.2) is 29.8 Å². The Kier molecular flexibility index (Phi) is 3.72. The van der Waals surface area contributed by atoms with Crippen LogP contribution in [0.5, 0.6) is 0 Å². The lowest BCUT2D eigenvalue weighted by Gasteiger charge is -2.00. The van der Waals surface area contributed by atoms with Crippen LogP contribution in [0.3, 0.4) is 0 Å². The molecule has 1 aromatic rings. The maximum Gasteiger partial charge on any atom is 0.263 e. The minimum Gasteiger partial charge on any atom is -0.295 e. The Morgan fingerprint density at radius 2 is 1.73 bits per heavy atom. The summed E-state index contributed by atoms with van der Waals surface area (Å²) in [6.07, 6.45) is -0.769. The van der Waals surface area contributed by atoms with Gasteiger partial charge in [-0.1, -0.05) is 24.3 Å². The molecule has 0 radical (unpaired) electrons. The molecule has 0 atom stereocenters. The molecule has 80 valence electrons. The van der Waals surface area contributed by atoms with Gasteiger partial charge < -0.3 is 0 Å². The summed E-state index contributed by atoms with van der Waals surface area (Å²) in [4.78, 5) is 10.9. The molecule has 0 saturated carbocycles. The van der Waals surface area contributed by atoms with E-state index in [-0.39, 0.29) is 11.3 Å². The zero-order valence-corrected chi connectivity index (χ0v) is 8.63. The number of halogens is 2. The number of alkyl halides is 2. The Hall–Kier alpha value is -1.51. The number of ketones is 1. The van der Waals surface area contributed by atoms with Crippen molar-refractivity contribution in [1.29, 1.82) is 0 Å². The van der Waals surface area contributed by atoms with Crippen molar-refractivity contribution < 1.29 is 13.6 Å². The second kappa shape index (κ2) is 4.82. The molecular formula is C12H12F2O. The van der Waals surface area contributed by atoms with E-state index in [9.17, 15) is 13.6 Å². The van der Waals surface area contributed by atoms with Gasteiger partial charge in [0.25, 0.3) is 6.43 Å². The van der Waals surface area contributed by atoms with Gasteiger partial charge >= 0.3 is 0 Å². The van der Waals surface area contributed by atoms with Gasteiger partial charge in [-0.05, 0) is 31.1 Å². The van der Waals surface area contributed by atoms with Crippen LogP contribution in [0, 0.1) is 0 Å². The zero-order valence-electron chi connectivity index (χ0n) is 8.63. The van der Waals surface area contributed by atoms with Crippen LogP contribution in [0.1, 0.15) is 31.4 Å². The first-order chi connectivity index (χ1) is 7.00. The Morgan fingerprint density at radius 1 is 1.20 bits per heavy atom. The van der Waals surface area contributed by atoms with E-state index in [1.54, 1.807) is 25.1 Å². The van der Waals surface area contributed by atoms with Gasteiger partial charge in [-0.15, -0.1) is 0 Å². The molecule has 0 fully saturated rings. The first kappa shape index (κ1) is 11.6. The molecule has 0 heterocycles. The first-order valence-corrected chi connectivity index (χ1v) is 4.58. The van der Waals surface area contributed by atoms with E-state index < -0.39 is 6.43 Å². The number of carbonyl (C=O) groups is 1. The highest BCUT2D eigenvalue weighted by Crippen LogP contribution is 2.19. The molecule has 1 aromatic carbocycles. The third kappa shape index (κ3) is 3.27. The van der Waals surface area contributed by atoms with Crippen molar-refractivity contribution in [3.8, 4) is 0 Å². The fourth-order valence-electron chi connectivity index (χ4n) is 1.09. The molecule has 0 aromatic heterocycles. The summed E-state index contributed by atoms with van der Waals surface area (Å²) in [5.41, 5.74) is 1.36. The molecule has 3 heteroatoms. The lowest BCUT2D eigenvalue weighted by Crippen LogP contribution is -1.91. The van der Waals surface area contributed by atoms with Gasteiger partial charge in [-0.25, -0.2) is 8.78 Å². The van der Waals surface area contributed by atoms with E-state index in [1.807, 2.05) is 0 Å². The number of Topliss-reactive ketones (excluding diaryl/α,β-unsaturated/α-hetero) is 1. The van der Waals surface area contributed by atoms with Crippen LogP contribution in [-0.4, -0.2) is 5.78 Å². The van der Waals surface area contributed by atoms with E-state index >= 15 is 0 Å². The Labute approximate surface area is 87.4 Å². The van der Waals surface area contributed by atoms with E-state index in [0.717, 1.165) is 5.56 Å². The maximum atomic E-state index is 12.2. The second-order valence-corrected chi connectivity index (χ2v) is 3.35. The van der Waals surface area contributed by atoms with Gasteiger partial charge in [0.1, 0.15) is 0 Å². The summed E-state index contributed by atoms with van der Waals surface area (Å²) < 4.78 is 24.4. The van der Waals surface area contributed by atoms with Crippen molar-refractivity contribution >= 4 is 11.9 Å². The van der Waals surface area contributed by atoms with Gasteiger partial charge in [-0.3, -0.25) is 4.79 Å². The van der Waals surface area contributed by atoms with Gasteiger partial charge in [0.05, 0.1) is 0 Å². The molecule has 0 saturated heterocycles. The van der Waals surface area contributed by atoms with E-state index in [0.29, 0.717) is 5.57 Å². The second-order valence-electron chi connectivity index (χ2n) is 3.35. The molecule has 0 spiro atoms. The monoisotopic (exact) mass is 210 g/mol. The summed E-state index contributed by atoms with van der Waals surface area (Å²) in [5.74, 6) is -0.0204. The van der Waals surface area contributed by atoms with Crippen LogP contribution in [0.25, 0.3) is 6.08 Å². The molecule has 0 amide bonds. The predicted molar refractivity (Wildman–Crippen MR) is 55.7 cm³/mol. The summed E-state index contributed by atoms with van der Waals surface area (Å²) in [6.45, 7) is 3.17. The molecule has 0 N–H and O–H groups in total. The number of allylic oxidation sites excluding steroid dienone is 1. The first-order valence-electron chi connectivity index (χ1n) is 4.58. The Morgan fingerprint density at radius 3 is 2.13 bits per heavy atom. The molecule has 0 aliphatic heterocycles. The minimum atomic E-state index is -2.45. The third-order valence-electron chi connectivity index (χ3n) is 2.13. The lowest BCUT2D eigenvalue weighted by atomic mass is 10.1. The highest BCUT2D eigenvalue weighted by molar-refractivity contribution is 5.97. The number of carbonyl (C=O) groups excluding carboxylic acids is 1. The number of rotatable bonds is 3. The summed E-state index contributed by atoms with van der Waals surface area (Å²) in [5, 5.41) is 0. The third-order valence-corrected chi connectivity index (χ3v) is 2.13. The normalized spacial score (nSPS) is 11.9. The van der Waals surface area contributed by atoms with Crippen molar-refractivity contribution in [2.24, 2.45) is 0 Å². The van der Waals surface area contributed by atoms with Gasteiger partial charge in [0.15, 0.2) is 5.78 Å². The maximum absolute atomic E-state index is 12.2. The van der Waals surface area contributed by atoms with E-state index in [1.165, 1.54) is 19.1 Å². The highest BCUT2D eigenvalue weighted by Gasteiger charge is 2.05. The smallest absolute Gasteiger partial charge is 0.263 e. The van der Waals surface area contributed by atoms with Crippen molar-refractivity contribution in [3.05, 3.63) is 41.0 Å². The number of benzene rings is 1. The fourth-order valence-corrected chi connectivity index (χ4v) is 1.09. The molecule has 0 aliphatic carbocycles. The molecule has 15 heavy (non-hydrogen) atoms. The van der Waals surface area contributed by atoms with Crippen LogP contribution in [0.2, 0.25) is 0 Å². The zero-order chi connectivity index (χ0) is 11.4. The van der Waals surface area contributed by atoms with Crippen molar-refractivity contribution in [3.63, 3.8) is 0 Å². The standard InChI is InChI=1S/C12H12F2O/c1-8(9(2)15)7-10-3-5-11(6-4-10)12(13)14/h3-7,12H,1-2H3/b8-7+. The van der Waals surface area contributed by atoms with E-state index in [2.05, 4.69) is 0 Å².